The Labute approximate surface area is 191 Å². The third kappa shape index (κ3) is 2.82. The highest BCUT2D eigenvalue weighted by atomic mass is 16.2. The van der Waals surface area contributed by atoms with Gasteiger partial charge >= 0.3 is 0 Å². The van der Waals surface area contributed by atoms with Crippen LogP contribution in [0.15, 0.2) is 82.4 Å². The second-order valence-electron chi connectivity index (χ2n) is 8.04. The lowest BCUT2D eigenvalue weighted by atomic mass is 10.0. The molecule has 6 rings (SSSR count). The summed E-state index contributed by atoms with van der Waals surface area (Å²) >= 11 is 0. The number of hydrogen-bond donors (Lipinski definition) is 2. The van der Waals surface area contributed by atoms with Crippen LogP contribution in [0.2, 0.25) is 0 Å². The van der Waals surface area contributed by atoms with Gasteiger partial charge in [-0.15, -0.1) is 0 Å². The minimum atomic E-state index is -0.513. The number of nitrogens with one attached hydrogen (secondary N) is 2. The van der Waals surface area contributed by atoms with Crippen molar-refractivity contribution >= 4 is 33.2 Å². The van der Waals surface area contributed by atoms with Crippen LogP contribution in [0.4, 0.5) is 0 Å². The van der Waals surface area contributed by atoms with E-state index in [1.165, 1.54) is 0 Å². The number of pyridine rings is 1. The monoisotopic (exact) mass is 448 g/mol. The van der Waals surface area contributed by atoms with Crippen molar-refractivity contribution in [3.05, 3.63) is 110 Å². The number of carbonyl (C=O) groups is 2. The maximum Gasteiger partial charge on any atom is 0.277 e. The number of aromatic amines is 1. The van der Waals surface area contributed by atoms with Gasteiger partial charge in [-0.3, -0.25) is 24.6 Å². The SMILES string of the molecule is O=C(Cc1n[nH]c(=O)c2ccccc12)Nn1c2c(c3ccccc3c1=O)C(=O)c1ccccc1-2. The molecule has 8 nitrogen and oxygen atoms in total. The second kappa shape index (κ2) is 7.35. The van der Waals surface area contributed by atoms with E-state index in [1.54, 1.807) is 72.8 Å². The second-order valence-corrected chi connectivity index (χ2v) is 8.04. The Kier molecular flexibility index (Phi) is 4.28. The van der Waals surface area contributed by atoms with Crippen molar-refractivity contribution in [2.75, 3.05) is 5.43 Å². The number of carbonyl (C=O) groups excluding carboxylic acids is 2. The molecule has 0 saturated heterocycles. The van der Waals surface area contributed by atoms with Crippen LogP contribution in [0.5, 0.6) is 0 Å². The van der Waals surface area contributed by atoms with Gasteiger partial charge in [-0.25, -0.2) is 9.77 Å². The summed E-state index contributed by atoms with van der Waals surface area (Å²) in [6.45, 7) is 0. The number of H-pyrrole nitrogens is 1. The lowest BCUT2D eigenvalue weighted by Crippen LogP contribution is -2.36. The van der Waals surface area contributed by atoms with Crippen LogP contribution >= 0.6 is 0 Å². The first-order valence-corrected chi connectivity index (χ1v) is 10.6. The first-order chi connectivity index (χ1) is 16.5. The lowest BCUT2D eigenvalue weighted by molar-refractivity contribution is -0.116. The minimum absolute atomic E-state index is 0.180. The quantitative estimate of drug-likeness (QED) is 0.432. The zero-order chi connectivity index (χ0) is 23.4. The Bertz CT molecular complexity index is 1800. The van der Waals surface area contributed by atoms with E-state index in [0.717, 1.165) is 4.68 Å². The third-order valence-electron chi connectivity index (χ3n) is 6.08. The number of hydrogen-bond acceptors (Lipinski definition) is 5. The topological polar surface area (TPSA) is 114 Å². The smallest absolute Gasteiger partial charge is 0.277 e. The van der Waals surface area contributed by atoms with Crippen LogP contribution in [-0.2, 0) is 11.2 Å². The normalized spacial score (nSPS) is 12.1. The van der Waals surface area contributed by atoms with Gasteiger partial charge < -0.3 is 0 Å². The van der Waals surface area contributed by atoms with Gasteiger partial charge in [-0.1, -0.05) is 60.7 Å². The molecular weight excluding hydrogens is 432 g/mol. The summed E-state index contributed by atoms with van der Waals surface area (Å²) in [5, 5.41) is 8.30. The van der Waals surface area contributed by atoms with Gasteiger partial charge in [0.15, 0.2) is 5.78 Å². The molecule has 0 radical (unpaired) electrons. The van der Waals surface area contributed by atoms with Gasteiger partial charge in [0.2, 0.25) is 5.91 Å². The molecule has 0 fully saturated rings. The summed E-state index contributed by atoms with van der Waals surface area (Å²) in [7, 11) is 0. The average Bonchev–Trinajstić information content (AvgIpc) is 3.16. The van der Waals surface area contributed by atoms with Gasteiger partial charge in [-0.05, 0) is 12.1 Å². The molecule has 2 heterocycles. The van der Waals surface area contributed by atoms with Crippen molar-refractivity contribution in [3.63, 3.8) is 0 Å². The largest absolute Gasteiger partial charge is 0.288 e. The minimum Gasteiger partial charge on any atom is -0.288 e. The molecule has 164 valence electrons. The van der Waals surface area contributed by atoms with Crippen LogP contribution in [0, 0.1) is 0 Å². The highest BCUT2D eigenvalue weighted by Gasteiger charge is 2.33. The lowest BCUT2D eigenvalue weighted by Gasteiger charge is -2.16. The van der Waals surface area contributed by atoms with Gasteiger partial charge in [0.1, 0.15) is 0 Å². The summed E-state index contributed by atoms with van der Waals surface area (Å²) in [5.41, 5.74) is 4.05. The van der Waals surface area contributed by atoms with Gasteiger partial charge in [-0.2, -0.15) is 5.10 Å². The molecule has 1 amide bonds. The molecule has 0 atom stereocenters. The van der Waals surface area contributed by atoms with Crippen LogP contribution in [0.1, 0.15) is 21.6 Å². The van der Waals surface area contributed by atoms with E-state index >= 15 is 0 Å². The van der Waals surface area contributed by atoms with Crippen molar-refractivity contribution in [2.45, 2.75) is 6.42 Å². The summed E-state index contributed by atoms with van der Waals surface area (Å²) in [6.07, 6.45) is -0.180. The molecule has 0 aliphatic heterocycles. The molecule has 1 aliphatic rings. The van der Waals surface area contributed by atoms with E-state index in [9.17, 15) is 19.2 Å². The number of benzene rings is 3. The summed E-state index contributed by atoms with van der Waals surface area (Å²) in [6, 6.07) is 20.7. The van der Waals surface area contributed by atoms with E-state index in [-0.39, 0.29) is 17.8 Å². The molecule has 34 heavy (non-hydrogen) atoms. The van der Waals surface area contributed by atoms with Crippen LogP contribution in [0.3, 0.4) is 0 Å². The van der Waals surface area contributed by atoms with Crippen molar-refractivity contribution in [2.24, 2.45) is 0 Å². The van der Waals surface area contributed by atoms with Gasteiger partial charge in [0.25, 0.3) is 11.1 Å². The molecule has 0 unspecified atom stereocenters. The fourth-order valence-electron chi connectivity index (χ4n) is 4.59. The molecule has 0 saturated carbocycles. The summed E-state index contributed by atoms with van der Waals surface area (Å²) in [4.78, 5) is 51.8. The molecule has 0 spiro atoms. The van der Waals surface area contributed by atoms with Crippen molar-refractivity contribution in [1.29, 1.82) is 0 Å². The van der Waals surface area contributed by atoms with E-state index in [0.29, 0.717) is 49.6 Å². The van der Waals surface area contributed by atoms with E-state index < -0.39 is 11.5 Å². The summed E-state index contributed by atoms with van der Waals surface area (Å²) < 4.78 is 1.15. The fraction of sp³-hybridized carbons (Fsp3) is 0.0385. The maximum absolute atomic E-state index is 13.4. The van der Waals surface area contributed by atoms with Gasteiger partial charge in [0, 0.05) is 27.3 Å². The molecule has 2 N–H and O–H groups in total. The van der Waals surface area contributed by atoms with Crippen molar-refractivity contribution in [3.8, 4) is 11.3 Å². The molecular formula is C26H16N4O4. The van der Waals surface area contributed by atoms with E-state index in [2.05, 4.69) is 15.6 Å². The van der Waals surface area contributed by atoms with Crippen molar-refractivity contribution in [1.82, 2.24) is 14.9 Å². The van der Waals surface area contributed by atoms with Crippen LogP contribution in [0.25, 0.3) is 32.8 Å². The average molecular weight is 448 g/mol. The highest BCUT2D eigenvalue weighted by Crippen LogP contribution is 2.38. The molecule has 5 aromatic rings. The highest BCUT2D eigenvalue weighted by molar-refractivity contribution is 6.26. The summed E-state index contributed by atoms with van der Waals surface area (Å²) in [5.74, 6) is -0.709. The number of nitrogens with zero attached hydrogens (tertiary/aromatic N) is 2. The predicted octanol–water partition coefficient (Wildman–Crippen LogP) is 2.76. The van der Waals surface area contributed by atoms with E-state index in [1.807, 2.05) is 0 Å². The number of amides is 1. The van der Waals surface area contributed by atoms with Gasteiger partial charge in [0.05, 0.1) is 28.8 Å². The number of ketones is 1. The van der Waals surface area contributed by atoms with Crippen molar-refractivity contribution < 1.29 is 9.59 Å². The maximum atomic E-state index is 13.4. The Hall–Kier alpha value is -4.85. The molecule has 1 aliphatic carbocycles. The first-order valence-electron chi connectivity index (χ1n) is 10.6. The standard InChI is InChI=1S/C26H16N4O4/c31-21(13-20-14-7-1-5-11-18(14)25(33)28-27-20)29-30-23-16-9-3-4-10-17(16)24(32)22(23)15-8-2-6-12-19(15)26(30)34/h1-12H,13H2,(H,28,33)(H,29,31). The molecule has 8 heteroatoms. The zero-order valence-corrected chi connectivity index (χ0v) is 17.7. The number of aromatic nitrogens is 3. The zero-order valence-electron chi connectivity index (χ0n) is 17.7. The van der Waals surface area contributed by atoms with Crippen LogP contribution in [-0.4, -0.2) is 26.6 Å². The Morgan fingerprint density at radius 1 is 0.794 bits per heavy atom. The van der Waals surface area contributed by atoms with Crippen LogP contribution < -0.4 is 16.5 Å². The predicted molar refractivity (Wildman–Crippen MR) is 128 cm³/mol. The first kappa shape index (κ1) is 19.8. The number of rotatable bonds is 3. The third-order valence-corrected chi connectivity index (χ3v) is 6.08. The Balaban J connectivity index is 1.50. The Morgan fingerprint density at radius 3 is 2.18 bits per heavy atom. The Morgan fingerprint density at radius 2 is 1.41 bits per heavy atom. The number of fused-ring (bicyclic) bond motifs is 6. The molecule has 3 aromatic carbocycles. The van der Waals surface area contributed by atoms with E-state index in [4.69, 9.17) is 0 Å². The molecule has 2 aromatic heterocycles. The fourth-order valence-corrected chi connectivity index (χ4v) is 4.59. The molecule has 0 bridgehead atoms.